The molecule has 0 radical (unpaired) electrons. The van der Waals surface area contributed by atoms with Crippen LogP contribution in [0.3, 0.4) is 0 Å². The largest absolute Gasteiger partial charge is 0.314 e. The van der Waals surface area contributed by atoms with E-state index in [1.54, 1.807) is 0 Å². The van der Waals surface area contributed by atoms with Crippen LogP contribution in [0, 0.1) is 11.8 Å². The summed E-state index contributed by atoms with van der Waals surface area (Å²) in [5, 5.41) is 3.71. The van der Waals surface area contributed by atoms with Crippen molar-refractivity contribution in [2.45, 2.75) is 53.0 Å². The van der Waals surface area contributed by atoms with Gasteiger partial charge in [-0.2, -0.15) is 0 Å². The van der Waals surface area contributed by atoms with Crippen molar-refractivity contribution in [1.29, 1.82) is 0 Å². The minimum Gasteiger partial charge on any atom is -0.314 e. The zero-order valence-corrected chi connectivity index (χ0v) is 12.3. The molecule has 0 bridgehead atoms. The first kappa shape index (κ1) is 15.2. The maximum Gasteiger partial charge on any atom is 0.0270 e. The zero-order valence-electron chi connectivity index (χ0n) is 12.3. The van der Waals surface area contributed by atoms with Gasteiger partial charge in [-0.25, -0.2) is 0 Å². The normalized spacial score (nSPS) is 11.7. The molecule has 0 fully saturated rings. The molecule has 2 nitrogen and oxygen atoms in total. The fourth-order valence-corrected chi connectivity index (χ4v) is 2.37. The summed E-state index contributed by atoms with van der Waals surface area (Å²) in [5.41, 5.74) is 1.37. The first-order valence-corrected chi connectivity index (χ1v) is 7.20. The second-order valence-electron chi connectivity index (χ2n) is 6.02. The Morgan fingerprint density at radius 3 is 2.06 bits per heavy atom. The fourth-order valence-electron chi connectivity index (χ4n) is 2.37. The molecule has 0 amide bonds. The van der Waals surface area contributed by atoms with E-state index >= 15 is 0 Å². The summed E-state index contributed by atoms with van der Waals surface area (Å²) in [6.45, 7) is 10.3. The highest BCUT2D eigenvalue weighted by Crippen LogP contribution is 2.13. The number of aromatic nitrogens is 1. The standard InChI is InChI=1S/C16H28N2/c1-13(2)11-16(12-14(3)4)18-10-7-15-5-8-17-9-6-15/h5-6,8-9,13-14,16,18H,7,10-12H2,1-4H3. The average Bonchev–Trinajstić information content (AvgIpc) is 2.28. The molecule has 0 aliphatic heterocycles. The highest BCUT2D eigenvalue weighted by Gasteiger charge is 2.11. The zero-order chi connectivity index (χ0) is 13.4. The van der Waals surface area contributed by atoms with Crippen LogP contribution in [0.2, 0.25) is 0 Å². The number of rotatable bonds is 8. The molecular weight excluding hydrogens is 220 g/mol. The predicted molar refractivity (Wildman–Crippen MR) is 78.6 cm³/mol. The Bertz CT molecular complexity index is 296. The molecule has 1 heterocycles. The van der Waals surface area contributed by atoms with Crippen molar-refractivity contribution in [3.05, 3.63) is 30.1 Å². The van der Waals surface area contributed by atoms with Crippen LogP contribution >= 0.6 is 0 Å². The maximum absolute atomic E-state index is 4.05. The summed E-state index contributed by atoms with van der Waals surface area (Å²) >= 11 is 0. The van der Waals surface area contributed by atoms with E-state index in [0.717, 1.165) is 24.8 Å². The van der Waals surface area contributed by atoms with E-state index in [1.807, 2.05) is 12.4 Å². The van der Waals surface area contributed by atoms with Crippen molar-refractivity contribution < 1.29 is 0 Å². The van der Waals surface area contributed by atoms with Crippen LogP contribution in [0.15, 0.2) is 24.5 Å². The van der Waals surface area contributed by atoms with Crippen molar-refractivity contribution >= 4 is 0 Å². The number of nitrogens with one attached hydrogen (secondary N) is 1. The number of pyridine rings is 1. The van der Waals surface area contributed by atoms with Gasteiger partial charge in [-0.05, 0) is 55.3 Å². The predicted octanol–water partition coefficient (Wildman–Crippen LogP) is 3.67. The lowest BCUT2D eigenvalue weighted by Gasteiger charge is -2.22. The summed E-state index contributed by atoms with van der Waals surface area (Å²) in [6.07, 6.45) is 7.38. The van der Waals surface area contributed by atoms with Crippen molar-refractivity contribution in [1.82, 2.24) is 10.3 Å². The lowest BCUT2D eigenvalue weighted by atomic mass is 9.95. The molecule has 102 valence electrons. The van der Waals surface area contributed by atoms with Crippen LogP contribution in [0.25, 0.3) is 0 Å². The van der Waals surface area contributed by atoms with Gasteiger partial charge < -0.3 is 5.32 Å². The second kappa shape index (κ2) is 8.25. The Labute approximate surface area is 112 Å². The monoisotopic (exact) mass is 248 g/mol. The summed E-state index contributed by atoms with van der Waals surface area (Å²) in [5.74, 6) is 1.53. The van der Waals surface area contributed by atoms with E-state index in [2.05, 4.69) is 50.1 Å². The van der Waals surface area contributed by atoms with Crippen LogP contribution < -0.4 is 5.32 Å². The first-order chi connectivity index (χ1) is 8.58. The summed E-state index contributed by atoms with van der Waals surface area (Å²) in [4.78, 5) is 4.05. The van der Waals surface area contributed by atoms with Gasteiger partial charge in [0, 0.05) is 18.4 Å². The van der Waals surface area contributed by atoms with E-state index in [-0.39, 0.29) is 0 Å². The Kier molecular flexibility index (Phi) is 6.96. The summed E-state index contributed by atoms with van der Waals surface area (Å²) in [6, 6.07) is 4.86. The third-order valence-corrected chi connectivity index (χ3v) is 3.11. The molecule has 2 heteroatoms. The minimum atomic E-state index is 0.659. The van der Waals surface area contributed by atoms with Gasteiger partial charge in [-0.15, -0.1) is 0 Å². The molecule has 0 saturated carbocycles. The number of hydrogen-bond donors (Lipinski definition) is 1. The van der Waals surface area contributed by atoms with E-state index in [4.69, 9.17) is 0 Å². The topological polar surface area (TPSA) is 24.9 Å². The molecule has 1 N–H and O–H groups in total. The molecule has 0 saturated heterocycles. The second-order valence-corrected chi connectivity index (χ2v) is 6.02. The van der Waals surface area contributed by atoms with Crippen molar-refractivity contribution in [2.24, 2.45) is 11.8 Å². The van der Waals surface area contributed by atoms with Crippen LogP contribution in [0.1, 0.15) is 46.1 Å². The summed E-state index contributed by atoms with van der Waals surface area (Å²) in [7, 11) is 0. The molecule has 0 spiro atoms. The van der Waals surface area contributed by atoms with Crippen LogP contribution in [-0.4, -0.2) is 17.6 Å². The Balaban J connectivity index is 2.32. The minimum absolute atomic E-state index is 0.659. The van der Waals surface area contributed by atoms with Crippen LogP contribution in [-0.2, 0) is 6.42 Å². The van der Waals surface area contributed by atoms with Gasteiger partial charge in [0.2, 0.25) is 0 Å². The Hall–Kier alpha value is -0.890. The van der Waals surface area contributed by atoms with Gasteiger partial charge in [0.15, 0.2) is 0 Å². The molecule has 1 aromatic rings. The van der Waals surface area contributed by atoms with E-state index in [1.165, 1.54) is 18.4 Å². The third kappa shape index (κ3) is 6.75. The average molecular weight is 248 g/mol. The molecule has 0 unspecified atom stereocenters. The fraction of sp³-hybridized carbons (Fsp3) is 0.688. The highest BCUT2D eigenvalue weighted by atomic mass is 14.9. The molecule has 1 rings (SSSR count). The summed E-state index contributed by atoms with van der Waals surface area (Å²) < 4.78 is 0. The van der Waals surface area contributed by atoms with E-state index in [9.17, 15) is 0 Å². The molecule has 1 aromatic heterocycles. The maximum atomic E-state index is 4.05. The van der Waals surface area contributed by atoms with E-state index < -0.39 is 0 Å². The van der Waals surface area contributed by atoms with Crippen molar-refractivity contribution in [3.8, 4) is 0 Å². The van der Waals surface area contributed by atoms with Crippen molar-refractivity contribution in [2.75, 3.05) is 6.54 Å². The molecule has 0 aromatic carbocycles. The quantitative estimate of drug-likeness (QED) is 0.759. The van der Waals surface area contributed by atoms with Crippen LogP contribution in [0.4, 0.5) is 0 Å². The van der Waals surface area contributed by atoms with E-state index in [0.29, 0.717) is 6.04 Å². The molecule has 0 aliphatic rings. The number of hydrogen-bond acceptors (Lipinski definition) is 2. The Morgan fingerprint density at radius 2 is 1.56 bits per heavy atom. The lowest BCUT2D eigenvalue weighted by Crippen LogP contribution is -2.33. The van der Waals surface area contributed by atoms with Crippen LogP contribution in [0.5, 0.6) is 0 Å². The smallest absolute Gasteiger partial charge is 0.0270 e. The number of nitrogens with zero attached hydrogens (tertiary/aromatic N) is 1. The van der Waals surface area contributed by atoms with Gasteiger partial charge in [-0.1, -0.05) is 27.7 Å². The van der Waals surface area contributed by atoms with Gasteiger partial charge in [0.1, 0.15) is 0 Å². The first-order valence-electron chi connectivity index (χ1n) is 7.20. The SMILES string of the molecule is CC(C)CC(CC(C)C)NCCc1ccncc1. The molecular formula is C16H28N2. The molecule has 0 aliphatic carbocycles. The molecule has 18 heavy (non-hydrogen) atoms. The highest BCUT2D eigenvalue weighted by molar-refractivity contribution is 5.09. The van der Waals surface area contributed by atoms with Gasteiger partial charge in [-0.3, -0.25) is 4.98 Å². The van der Waals surface area contributed by atoms with Gasteiger partial charge >= 0.3 is 0 Å². The molecule has 0 atom stereocenters. The third-order valence-electron chi connectivity index (χ3n) is 3.11. The van der Waals surface area contributed by atoms with Crippen molar-refractivity contribution in [3.63, 3.8) is 0 Å². The van der Waals surface area contributed by atoms with Gasteiger partial charge in [0.25, 0.3) is 0 Å². The van der Waals surface area contributed by atoms with Gasteiger partial charge in [0.05, 0.1) is 0 Å². The lowest BCUT2D eigenvalue weighted by molar-refractivity contribution is 0.361. The Morgan fingerprint density at radius 1 is 1.00 bits per heavy atom.